The molecule has 0 spiro atoms. The van der Waals surface area contributed by atoms with Crippen LogP contribution in [0, 0.1) is 0 Å². The summed E-state index contributed by atoms with van der Waals surface area (Å²) in [6, 6.07) is 9.13. The van der Waals surface area contributed by atoms with Crippen LogP contribution >= 0.6 is 0 Å². The zero-order valence-electron chi connectivity index (χ0n) is 10.2. The Labute approximate surface area is 106 Å². The minimum Gasteiger partial charge on any atom is -0.445 e. The molecule has 1 aliphatic rings. The number of carbonyl (C=O) groups is 1. The molecule has 98 valence electrons. The molecular formula is C13H18N2O3. The van der Waals surface area contributed by atoms with E-state index in [4.69, 9.17) is 10.5 Å². The van der Waals surface area contributed by atoms with Crippen LogP contribution in [-0.4, -0.2) is 41.3 Å². The maximum atomic E-state index is 11.8. The van der Waals surface area contributed by atoms with Gasteiger partial charge in [0.15, 0.2) is 0 Å². The number of aliphatic hydroxyl groups excluding tert-OH is 1. The monoisotopic (exact) mass is 250 g/mol. The molecule has 0 aliphatic carbocycles. The largest absolute Gasteiger partial charge is 0.445 e. The molecule has 3 N–H and O–H groups in total. The third-order valence-electron chi connectivity index (χ3n) is 3.08. The summed E-state index contributed by atoms with van der Waals surface area (Å²) in [6.07, 6.45) is -0.397. The molecule has 2 atom stereocenters. The first-order valence-corrected chi connectivity index (χ1v) is 6.06. The summed E-state index contributed by atoms with van der Waals surface area (Å²) in [7, 11) is 0. The number of ether oxygens (including phenoxy) is 1. The molecule has 1 amide bonds. The van der Waals surface area contributed by atoms with Crippen molar-refractivity contribution in [3.63, 3.8) is 0 Å². The predicted octanol–water partition coefficient (Wildman–Crippen LogP) is 0.717. The standard InChI is InChI=1S/C13H18N2O3/c14-11-8-15(7-6-12(11)16)13(17)18-9-10-4-2-1-3-5-10/h1-5,11-12,16H,6-9,14H2/t11-,12+/m1/s1. The van der Waals surface area contributed by atoms with Crippen LogP contribution in [0.15, 0.2) is 30.3 Å². The smallest absolute Gasteiger partial charge is 0.410 e. The molecule has 1 aromatic carbocycles. The Hall–Kier alpha value is -1.59. The topological polar surface area (TPSA) is 75.8 Å². The summed E-state index contributed by atoms with van der Waals surface area (Å²) in [5, 5.41) is 9.48. The van der Waals surface area contributed by atoms with Crippen LogP contribution in [0.2, 0.25) is 0 Å². The summed E-state index contributed by atoms with van der Waals surface area (Å²) in [5.74, 6) is 0. The van der Waals surface area contributed by atoms with Gasteiger partial charge in [-0.05, 0) is 12.0 Å². The molecule has 18 heavy (non-hydrogen) atoms. The Kier molecular flexibility index (Phi) is 4.17. The molecule has 0 bridgehead atoms. The Morgan fingerprint density at radius 2 is 2.17 bits per heavy atom. The van der Waals surface area contributed by atoms with Gasteiger partial charge in [0.25, 0.3) is 0 Å². The molecule has 0 aromatic heterocycles. The van der Waals surface area contributed by atoms with Crippen LogP contribution in [0.1, 0.15) is 12.0 Å². The second-order valence-corrected chi connectivity index (χ2v) is 4.51. The molecule has 0 radical (unpaired) electrons. The fourth-order valence-electron chi connectivity index (χ4n) is 1.95. The van der Waals surface area contributed by atoms with Gasteiger partial charge in [0.05, 0.1) is 6.10 Å². The zero-order chi connectivity index (χ0) is 13.0. The Bertz CT molecular complexity index is 396. The van der Waals surface area contributed by atoms with Gasteiger partial charge < -0.3 is 20.5 Å². The number of piperidine rings is 1. The van der Waals surface area contributed by atoms with Gasteiger partial charge in [0.1, 0.15) is 6.61 Å². The van der Waals surface area contributed by atoms with Crippen LogP contribution < -0.4 is 5.73 Å². The number of aliphatic hydroxyl groups is 1. The number of amides is 1. The summed E-state index contributed by atoms with van der Waals surface area (Å²) in [6.45, 7) is 1.09. The molecule has 1 fully saturated rings. The number of nitrogens with zero attached hydrogens (tertiary/aromatic N) is 1. The van der Waals surface area contributed by atoms with Gasteiger partial charge in [-0.15, -0.1) is 0 Å². The molecule has 5 heteroatoms. The normalized spacial score (nSPS) is 23.8. The Balaban J connectivity index is 1.82. The molecule has 2 rings (SSSR count). The molecule has 1 heterocycles. The Morgan fingerprint density at radius 3 is 2.83 bits per heavy atom. The summed E-state index contributed by atoms with van der Waals surface area (Å²) in [4.78, 5) is 13.3. The van der Waals surface area contributed by atoms with Crippen molar-refractivity contribution in [2.45, 2.75) is 25.2 Å². The zero-order valence-corrected chi connectivity index (χ0v) is 10.2. The van der Waals surface area contributed by atoms with Crippen molar-refractivity contribution in [2.75, 3.05) is 13.1 Å². The summed E-state index contributed by atoms with van der Waals surface area (Å²) < 4.78 is 5.20. The Morgan fingerprint density at radius 1 is 1.44 bits per heavy atom. The first kappa shape index (κ1) is 12.9. The molecule has 5 nitrogen and oxygen atoms in total. The number of rotatable bonds is 2. The number of nitrogens with two attached hydrogens (primary N) is 1. The second-order valence-electron chi connectivity index (χ2n) is 4.51. The third kappa shape index (κ3) is 3.21. The van der Waals surface area contributed by atoms with E-state index in [0.717, 1.165) is 5.56 Å². The molecule has 1 aliphatic heterocycles. The first-order valence-electron chi connectivity index (χ1n) is 6.06. The fraction of sp³-hybridized carbons (Fsp3) is 0.462. The van der Waals surface area contributed by atoms with E-state index in [9.17, 15) is 9.90 Å². The lowest BCUT2D eigenvalue weighted by atomic mass is 10.0. The molecule has 1 aromatic rings. The van der Waals surface area contributed by atoms with E-state index in [1.165, 1.54) is 0 Å². The van der Waals surface area contributed by atoms with Gasteiger partial charge in [-0.1, -0.05) is 30.3 Å². The lowest BCUT2D eigenvalue weighted by molar-refractivity contribution is 0.0441. The number of carbonyl (C=O) groups excluding carboxylic acids is 1. The third-order valence-corrected chi connectivity index (χ3v) is 3.08. The molecule has 0 unspecified atom stereocenters. The second kappa shape index (κ2) is 5.84. The van der Waals surface area contributed by atoms with E-state index in [0.29, 0.717) is 19.5 Å². The van der Waals surface area contributed by atoms with Gasteiger partial charge in [-0.3, -0.25) is 0 Å². The minimum absolute atomic E-state index is 0.258. The highest BCUT2D eigenvalue weighted by atomic mass is 16.6. The van der Waals surface area contributed by atoms with Gasteiger partial charge >= 0.3 is 6.09 Å². The van der Waals surface area contributed by atoms with Crippen LogP contribution in [0.4, 0.5) is 4.79 Å². The summed E-state index contributed by atoms with van der Waals surface area (Å²) >= 11 is 0. The number of hydrogen-bond donors (Lipinski definition) is 2. The van der Waals surface area contributed by atoms with Crippen molar-refractivity contribution in [1.29, 1.82) is 0 Å². The van der Waals surface area contributed by atoms with E-state index < -0.39 is 6.10 Å². The number of likely N-dealkylation sites (tertiary alicyclic amines) is 1. The number of hydrogen-bond acceptors (Lipinski definition) is 4. The van der Waals surface area contributed by atoms with Crippen molar-refractivity contribution in [3.8, 4) is 0 Å². The van der Waals surface area contributed by atoms with E-state index >= 15 is 0 Å². The fourth-order valence-corrected chi connectivity index (χ4v) is 1.95. The first-order chi connectivity index (χ1) is 8.66. The van der Waals surface area contributed by atoms with Crippen LogP contribution in [-0.2, 0) is 11.3 Å². The van der Waals surface area contributed by atoms with Crippen molar-refractivity contribution in [2.24, 2.45) is 5.73 Å². The van der Waals surface area contributed by atoms with Crippen LogP contribution in [0.3, 0.4) is 0 Å². The van der Waals surface area contributed by atoms with E-state index in [1.807, 2.05) is 30.3 Å². The maximum absolute atomic E-state index is 11.8. The average molecular weight is 250 g/mol. The van der Waals surface area contributed by atoms with Gasteiger partial charge in [0, 0.05) is 19.1 Å². The van der Waals surface area contributed by atoms with Crippen molar-refractivity contribution in [1.82, 2.24) is 4.90 Å². The highest BCUT2D eigenvalue weighted by molar-refractivity contribution is 5.67. The van der Waals surface area contributed by atoms with Gasteiger partial charge in [-0.25, -0.2) is 4.79 Å². The van der Waals surface area contributed by atoms with E-state index in [1.54, 1.807) is 4.90 Å². The SMILES string of the molecule is N[C@@H]1CN(C(=O)OCc2ccccc2)CC[C@@H]1O. The lowest BCUT2D eigenvalue weighted by Gasteiger charge is -2.33. The molecule has 1 saturated heterocycles. The van der Waals surface area contributed by atoms with Gasteiger partial charge in [-0.2, -0.15) is 0 Å². The van der Waals surface area contributed by atoms with Crippen molar-refractivity contribution < 1.29 is 14.6 Å². The predicted molar refractivity (Wildman–Crippen MR) is 66.8 cm³/mol. The van der Waals surface area contributed by atoms with Crippen molar-refractivity contribution >= 4 is 6.09 Å². The van der Waals surface area contributed by atoms with E-state index in [2.05, 4.69) is 0 Å². The van der Waals surface area contributed by atoms with Gasteiger partial charge in [0.2, 0.25) is 0 Å². The summed E-state index contributed by atoms with van der Waals surface area (Å²) in [5.41, 5.74) is 6.67. The highest BCUT2D eigenvalue weighted by Crippen LogP contribution is 2.11. The number of benzene rings is 1. The van der Waals surface area contributed by atoms with E-state index in [-0.39, 0.29) is 18.7 Å². The maximum Gasteiger partial charge on any atom is 0.410 e. The quantitative estimate of drug-likeness (QED) is 0.811. The lowest BCUT2D eigenvalue weighted by Crippen LogP contribution is -2.53. The average Bonchev–Trinajstić information content (AvgIpc) is 2.40. The molecular weight excluding hydrogens is 232 g/mol. The van der Waals surface area contributed by atoms with Crippen molar-refractivity contribution in [3.05, 3.63) is 35.9 Å². The van der Waals surface area contributed by atoms with Crippen LogP contribution in [0.5, 0.6) is 0 Å². The van der Waals surface area contributed by atoms with Crippen LogP contribution in [0.25, 0.3) is 0 Å². The minimum atomic E-state index is -0.525. The molecule has 0 saturated carbocycles. The highest BCUT2D eigenvalue weighted by Gasteiger charge is 2.28.